The average Bonchev–Trinajstić information content (AvgIpc) is 2.81. The van der Waals surface area contributed by atoms with E-state index in [2.05, 4.69) is 92.6 Å². The summed E-state index contributed by atoms with van der Waals surface area (Å²) in [6.07, 6.45) is 6.20. The Morgan fingerprint density at radius 3 is 1.88 bits per heavy atom. The molecule has 1 unspecified atom stereocenters. The van der Waals surface area contributed by atoms with Gasteiger partial charge in [-0.25, -0.2) is 0 Å². The van der Waals surface area contributed by atoms with Gasteiger partial charge in [0.15, 0.2) is 0 Å². The van der Waals surface area contributed by atoms with Crippen LogP contribution in [0.3, 0.4) is 0 Å². The second-order valence-electron chi connectivity index (χ2n) is 8.95. The van der Waals surface area contributed by atoms with E-state index in [0.29, 0.717) is 18.8 Å². The number of ether oxygens (including phenoxy) is 1. The molecule has 0 aliphatic rings. The van der Waals surface area contributed by atoms with Gasteiger partial charge in [0.05, 0.1) is 13.0 Å². The molecule has 3 nitrogen and oxygen atoms in total. The molecule has 0 N–H and O–H groups in total. The summed E-state index contributed by atoms with van der Waals surface area (Å²) in [4.78, 5) is 15.0. The normalized spacial score (nSPS) is 14.0. The Labute approximate surface area is 194 Å². The molecule has 3 heteroatoms. The van der Waals surface area contributed by atoms with Gasteiger partial charge >= 0.3 is 5.97 Å². The summed E-state index contributed by atoms with van der Waals surface area (Å²) in [6, 6.07) is 21.5. The fraction of sp³-hybridized carbons (Fsp3) is 0.414. The van der Waals surface area contributed by atoms with Gasteiger partial charge in [-0.2, -0.15) is 0 Å². The van der Waals surface area contributed by atoms with Gasteiger partial charge in [0, 0.05) is 19.1 Å². The van der Waals surface area contributed by atoms with Crippen LogP contribution in [0.4, 0.5) is 0 Å². The van der Waals surface area contributed by atoms with Gasteiger partial charge in [-0.05, 0) is 42.2 Å². The van der Waals surface area contributed by atoms with Crippen molar-refractivity contribution in [3.05, 3.63) is 97.1 Å². The zero-order valence-electron chi connectivity index (χ0n) is 20.0. The number of carbonyl (C=O) groups excluding carboxylic acids is 1. The van der Waals surface area contributed by atoms with Crippen molar-refractivity contribution in [2.24, 2.45) is 17.8 Å². The molecule has 0 bridgehead atoms. The monoisotopic (exact) mass is 433 g/mol. The number of rotatable bonds is 14. The van der Waals surface area contributed by atoms with Crippen molar-refractivity contribution in [1.82, 2.24) is 4.90 Å². The van der Waals surface area contributed by atoms with E-state index in [1.807, 2.05) is 12.2 Å². The maximum atomic E-state index is 12.4. The van der Waals surface area contributed by atoms with Gasteiger partial charge in [0.1, 0.15) is 0 Å². The summed E-state index contributed by atoms with van der Waals surface area (Å²) < 4.78 is 5.09. The van der Waals surface area contributed by atoms with Crippen molar-refractivity contribution in [2.75, 3.05) is 7.11 Å². The first-order valence-corrected chi connectivity index (χ1v) is 11.6. The van der Waals surface area contributed by atoms with Crippen LogP contribution in [-0.4, -0.2) is 24.0 Å². The highest BCUT2D eigenvalue weighted by Gasteiger charge is 2.31. The van der Waals surface area contributed by atoms with Crippen LogP contribution < -0.4 is 0 Å². The van der Waals surface area contributed by atoms with Crippen molar-refractivity contribution < 1.29 is 9.53 Å². The van der Waals surface area contributed by atoms with E-state index >= 15 is 0 Å². The number of hydrogen-bond acceptors (Lipinski definition) is 3. The van der Waals surface area contributed by atoms with Crippen molar-refractivity contribution in [2.45, 2.75) is 52.2 Å². The van der Waals surface area contributed by atoms with Crippen molar-refractivity contribution in [3.63, 3.8) is 0 Å². The molecule has 0 radical (unpaired) electrons. The maximum Gasteiger partial charge on any atom is 0.308 e. The molecular formula is C29H39NO2. The lowest BCUT2D eigenvalue weighted by Crippen LogP contribution is -2.41. The average molecular weight is 434 g/mol. The third-order valence-electron chi connectivity index (χ3n) is 5.98. The zero-order valence-corrected chi connectivity index (χ0v) is 20.0. The molecule has 2 rings (SSSR count). The smallest absolute Gasteiger partial charge is 0.308 e. The number of nitrogens with zero attached hydrogens (tertiary/aromatic N) is 1. The quantitative estimate of drug-likeness (QED) is 0.246. The first kappa shape index (κ1) is 25.6. The van der Waals surface area contributed by atoms with E-state index in [-0.39, 0.29) is 23.8 Å². The molecule has 0 saturated carbocycles. The first-order chi connectivity index (χ1) is 15.5. The van der Waals surface area contributed by atoms with E-state index in [0.717, 1.165) is 19.5 Å². The van der Waals surface area contributed by atoms with Crippen molar-refractivity contribution >= 4 is 5.97 Å². The van der Waals surface area contributed by atoms with Crippen LogP contribution >= 0.6 is 0 Å². The van der Waals surface area contributed by atoms with Crippen LogP contribution in [-0.2, 0) is 22.6 Å². The maximum absolute atomic E-state index is 12.4. The summed E-state index contributed by atoms with van der Waals surface area (Å²) in [5.41, 5.74) is 2.58. The third-order valence-corrected chi connectivity index (χ3v) is 5.98. The molecule has 0 aromatic heterocycles. The number of allylic oxidation sites excluding steroid dienone is 1. The highest BCUT2D eigenvalue weighted by molar-refractivity contribution is 5.72. The standard InChI is InChI=1S/C29H39NO2/c1-6-14-27(29(31)32-5)20-26(7-2)28(19-23(3)4)30(21-24-15-10-8-11-16-24)22-25-17-12-9-13-18-25/h6-13,15-18,23,26-28H,1-2,14,19-22H2,3-5H3/t26-,27?,28-/m0/s1. The van der Waals surface area contributed by atoms with Crippen molar-refractivity contribution in [3.8, 4) is 0 Å². The van der Waals surface area contributed by atoms with Crippen LogP contribution in [0.15, 0.2) is 86.0 Å². The van der Waals surface area contributed by atoms with Crippen LogP contribution in [0.25, 0.3) is 0 Å². The summed E-state index contributed by atoms with van der Waals surface area (Å²) in [5.74, 6) is 0.310. The van der Waals surface area contributed by atoms with E-state index < -0.39 is 0 Å². The number of carbonyl (C=O) groups is 1. The summed E-state index contributed by atoms with van der Waals surface area (Å²) in [5, 5.41) is 0. The lowest BCUT2D eigenvalue weighted by Gasteiger charge is -2.38. The molecule has 172 valence electrons. The predicted octanol–water partition coefficient (Wildman–Crippen LogP) is 6.66. The Hall–Kier alpha value is -2.65. The molecule has 0 aliphatic heterocycles. The van der Waals surface area contributed by atoms with Gasteiger partial charge in [-0.1, -0.05) is 86.7 Å². The zero-order chi connectivity index (χ0) is 23.3. The fourth-order valence-corrected chi connectivity index (χ4v) is 4.40. The van der Waals surface area contributed by atoms with Crippen LogP contribution in [0, 0.1) is 17.8 Å². The minimum absolute atomic E-state index is 0.161. The Bertz CT molecular complexity index is 774. The lowest BCUT2D eigenvalue weighted by molar-refractivity contribution is -0.146. The Morgan fingerprint density at radius 1 is 0.938 bits per heavy atom. The molecule has 0 heterocycles. The Kier molecular flexibility index (Phi) is 11.0. The minimum Gasteiger partial charge on any atom is -0.469 e. The first-order valence-electron chi connectivity index (χ1n) is 11.6. The van der Waals surface area contributed by atoms with Crippen LogP contribution in [0.1, 0.15) is 44.2 Å². The van der Waals surface area contributed by atoms with E-state index in [9.17, 15) is 4.79 Å². The second-order valence-corrected chi connectivity index (χ2v) is 8.95. The molecule has 3 atom stereocenters. The highest BCUT2D eigenvalue weighted by Crippen LogP contribution is 2.30. The van der Waals surface area contributed by atoms with E-state index in [1.165, 1.54) is 18.2 Å². The molecule has 0 saturated heterocycles. The SMILES string of the molecule is C=CCC(C[C@H](C=C)[C@H](CC(C)C)N(Cc1ccccc1)Cc1ccccc1)C(=O)OC. The van der Waals surface area contributed by atoms with Crippen LogP contribution in [0.5, 0.6) is 0 Å². The van der Waals surface area contributed by atoms with Crippen LogP contribution in [0.2, 0.25) is 0 Å². The molecule has 0 aliphatic carbocycles. The third kappa shape index (κ3) is 8.12. The molecule has 2 aromatic rings. The summed E-state index contributed by atoms with van der Waals surface area (Å²) in [6.45, 7) is 14.2. The largest absolute Gasteiger partial charge is 0.469 e. The molecule has 0 spiro atoms. The van der Waals surface area contributed by atoms with Gasteiger partial charge in [0.2, 0.25) is 0 Å². The lowest BCUT2D eigenvalue weighted by atomic mass is 9.82. The molecule has 0 fully saturated rings. The van der Waals surface area contributed by atoms with Gasteiger partial charge in [0.25, 0.3) is 0 Å². The van der Waals surface area contributed by atoms with Gasteiger partial charge < -0.3 is 4.74 Å². The van der Waals surface area contributed by atoms with E-state index in [1.54, 1.807) is 0 Å². The fourth-order valence-electron chi connectivity index (χ4n) is 4.40. The van der Waals surface area contributed by atoms with Crippen molar-refractivity contribution in [1.29, 1.82) is 0 Å². The Morgan fingerprint density at radius 2 is 1.47 bits per heavy atom. The van der Waals surface area contributed by atoms with E-state index in [4.69, 9.17) is 4.74 Å². The number of methoxy groups -OCH3 is 1. The van der Waals surface area contributed by atoms with Gasteiger partial charge in [-0.3, -0.25) is 9.69 Å². The summed E-state index contributed by atoms with van der Waals surface area (Å²) >= 11 is 0. The summed E-state index contributed by atoms with van der Waals surface area (Å²) in [7, 11) is 1.46. The molecule has 0 amide bonds. The molecule has 2 aromatic carbocycles. The number of esters is 1. The number of hydrogen-bond donors (Lipinski definition) is 0. The predicted molar refractivity (Wildman–Crippen MR) is 134 cm³/mol. The minimum atomic E-state index is -0.203. The number of benzene rings is 2. The van der Waals surface area contributed by atoms with Gasteiger partial charge in [-0.15, -0.1) is 13.2 Å². The highest BCUT2D eigenvalue weighted by atomic mass is 16.5. The Balaban J connectivity index is 2.38. The topological polar surface area (TPSA) is 29.5 Å². The second kappa shape index (κ2) is 13.7. The molecule has 32 heavy (non-hydrogen) atoms. The molecular weight excluding hydrogens is 394 g/mol.